The molecule has 0 amide bonds. The fourth-order valence-electron chi connectivity index (χ4n) is 3.49. The number of hydrogen-bond acceptors (Lipinski definition) is 3. The lowest BCUT2D eigenvalue weighted by Crippen LogP contribution is -2.03. The Labute approximate surface area is 175 Å². The molecule has 3 aromatic carbocycles. The zero-order valence-electron chi connectivity index (χ0n) is 16.9. The lowest BCUT2D eigenvalue weighted by atomic mass is 9.98. The van der Waals surface area contributed by atoms with E-state index >= 15 is 0 Å². The van der Waals surface area contributed by atoms with Crippen molar-refractivity contribution in [3.63, 3.8) is 0 Å². The van der Waals surface area contributed by atoms with Crippen LogP contribution in [0.15, 0.2) is 79.0 Å². The topological polar surface area (TPSA) is 64.3 Å². The molecule has 0 spiro atoms. The number of carboxylic acids is 1. The summed E-state index contributed by atoms with van der Waals surface area (Å²) in [7, 11) is 0. The van der Waals surface area contributed by atoms with Crippen molar-refractivity contribution >= 4 is 16.9 Å². The van der Waals surface area contributed by atoms with Crippen molar-refractivity contribution in [2.24, 2.45) is 0 Å². The smallest absolute Gasteiger partial charge is 0.303 e. The molecule has 4 rings (SSSR count). The maximum absolute atomic E-state index is 10.9. The fraction of sp³-hybridized carbons (Fsp3) is 0.200. The van der Waals surface area contributed by atoms with Crippen molar-refractivity contribution in [2.75, 3.05) is 0 Å². The molecule has 1 atom stereocenters. The van der Waals surface area contributed by atoms with Gasteiger partial charge in [-0.25, -0.2) is 0 Å². The Bertz CT molecular complexity index is 1130. The average molecular weight is 400 g/mol. The summed E-state index contributed by atoms with van der Waals surface area (Å²) in [6, 6.07) is 24.1. The molecule has 0 saturated carbocycles. The van der Waals surface area contributed by atoms with Gasteiger partial charge in [-0.1, -0.05) is 61.5 Å². The summed E-state index contributed by atoms with van der Waals surface area (Å²) < 4.78 is 7.87. The van der Waals surface area contributed by atoms with E-state index in [1.54, 1.807) is 0 Å². The van der Waals surface area contributed by atoms with E-state index < -0.39 is 5.97 Å². The number of fused-ring (bicyclic) bond motifs is 1. The second-order valence-corrected chi connectivity index (χ2v) is 7.56. The highest BCUT2D eigenvalue weighted by atomic mass is 16.5. The van der Waals surface area contributed by atoms with E-state index in [-0.39, 0.29) is 12.3 Å². The van der Waals surface area contributed by atoms with E-state index in [1.807, 2.05) is 54.1 Å². The van der Waals surface area contributed by atoms with Crippen molar-refractivity contribution < 1.29 is 14.6 Å². The first kappa shape index (κ1) is 19.7. The number of ether oxygens (including phenoxy) is 1. The first-order valence-electron chi connectivity index (χ1n) is 10.0. The number of benzene rings is 3. The maximum atomic E-state index is 10.9. The van der Waals surface area contributed by atoms with Crippen LogP contribution in [0.5, 0.6) is 5.75 Å². The van der Waals surface area contributed by atoms with Gasteiger partial charge >= 0.3 is 5.97 Å². The van der Waals surface area contributed by atoms with Crippen LogP contribution in [-0.2, 0) is 17.9 Å². The molecule has 0 aliphatic rings. The monoisotopic (exact) mass is 400 g/mol. The van der Waals surface area contributed by atoms with Crippen LogP contribution in [0, 0.1) is 0 Å². The lowest BCUT2D eigenvalue weighted by molar-refractivity contribution is -0.137. The lowest BCUT2D eigenvalue weighted by Gasteiger charge is -2.11. The van der Waals surface area contributed by atoms with Crippen LogP contribution in [-0.4, -0.2) is 20.9 Å². The summed E-state index contributed by atoms with van der Waals surface area (Å²) in [5.74, 6) is -0.0506. The highest BCUT2D eigenvalue weighted by Gasteiger charge is 2.10. The van der Waals surface area contributed by atoms with E-state index in [1.165, 1.54) is 5.56 Å². The minimum Gasteiger partial charge on any atom is -0.489 e. The van der Waals surface area contributed by atoms with Gasteiger partial charge in [0, 0.05) is 11.6 Å². The quantitative estimate of drug-likeness (QED) is 0.439. The molecule has 4 aromatic rings. The van der Waals surface area contributed by atoms with Crippen LogP contribution in [0.3, 0.4) is 0 Å². The van der Waals surface area contributed by atoms with Crippen LogP contribution in [0.1, 0.15) is 36.0 Å². The second kappa shape index (κ2) is 8.82. The summed E-state index contributed by atoms with van der Waals surface area (Å²) in [6.45, 7) is 3.11. The maximum Gasteiger partial charge on any atom is 0.303 e. The second-order valence-electron chi connectivity index (χ2n) is 7.56. The van der Waals surface area contributed by atoms with Gasteiger partial charge in [0.15, 0.2) is 0 Å². The zero-order valence-corrected chi connectivity index (χ0v) is 16.9. The molecule has 0 saturated heterocycles. The van der Waals surface area contributed by atoms with Gasteiger partial charge in [0.25, 0.3) is 0 Å². The minimum atomic E-state index is -0.788. The number of aliphatic carboxylic acids is 1. The van der Waals surface area contributed by atoms with E-state index in [0.29, 0.717) is 6.61 Å². The summed E-state index contributed by atoms with van der Waals surface area (Å²) in [4.78, 5) is 10.9. The van der Waals surface area contributed by atoms with E-state index in [4.69, 9.17) is 14.9 Å². The van der Waals surface area contributed by atoms with E-state index in [2.05, 4.69) is 36.5 Å². The fourth-order valence-corrected chi connectivity index (χ4v) is 3.49. The molecule has 1 heterocycles. The molecule has 5 nitrogen and oxygen atoms in total. The number of hydrogen-bond donors (Lipinski definition) is 1. The Kier molecular flexibility index (Phi) is 5.80. The first-order valence-corrected chi connectivity index (χ1v) is 10.0. The van der Waals surface area contributed by atoms with Crippen LogP contribution in [0.2, 0.25) is 0 Å². The molecule has 0 bridgehead atoms. The molecule has 0 fully saturated rings. The average Bonchev–Trinajstić information content (AvgIpc) is 3.14. The largest absolute Gasteiger partial charge is 0.489 e. The summed E-state index contributed by atoms with van der Waals surface area (Å²) in [5.41, 5.74) is 4.21. The van der Waals surface area contributed by atoms with Gasteiger partial charge in [0.1, 0.15) is 12.4 Å². The molecule has 0 aliphatic carbocycles. The van der Waals surface area contributed by atoms with Crippen LogP contribution >= 0.6 is 0 Å². The molecule has 0 aliphatic heterocycles. The van der Waals surface area contributed by atoms with Gasteiger partial charge in [0.2, 0.25) is 0 Å². The van der Waals surface area contributed by atoms with Gasteiger partial charge < -0.3 is 9.84 Å². The molecule has 0 radical (unpaired) electrons. The molecule has 152 valence electrons. The molecule has 1 aromatic heterocycles. The molecule has 30 heavy (non-hydrogen) atoms. The number of carboxylic acid groups (broad SMARTS) is 1. The van der Waals surface area contributed by atoms with Crippen molar-refractivity contribution in [2.45, 2.75) is 32.4 Å². The third-order valence-corrected chi connectivity index (χ3v) is 5.14. The summed E-state index contributed by atoms with van der Waals surface area (Å²) >= 11 is 0. The molecular formula is C25H24N2O3. The minimum absolute atomic E-state index is 0.0232. The number of rotatable bonds is 8. The predicted octanol–water partition coefficient (Wildman–Crippen LogP) is 5.24. The van der Waals surface area contributed by atoms with Crippen LogP contribution in [0.4, 0.5) is 0 Å². The SMILES string of the molecule is CC(CC(=O)O)c1ccc(OCc2ccc3cn(Cc4ccccc4)nc3c2)cc1. The van der Waals surface area contributed by atoms with Crippen molar-refractivity contribution in [3.05, 3.63) is 95.7 Å². The van der Waals surface area contributed by atoms with Gasteiger partial charge in [-0.15, -0.1) is 0 Å². The first-order chi connectivity index (χ1) is 14.6. The normalized spacial score (nSPS) is 12.0. The Morgan fingerprint density at radius 2 is 1.80 bits per heavy atom. The Morgan fingerprint density at radius 3 is 2.53 bits per heavy atom. The van der Waals surface area contributed by atoms with Gasteiger partial charge in [0.05, 0.1) is 18.5 Å². The summed E-state index contributed by atoms with van der Waals surface area (Å²) in [5, 5.41) is 14.7. The predicted molar refractivity (Wildman–Crippen MR) is 117 cm³/mol. The third-order valence-electron chi connectivity index (χ3n) is 5.14. The molecule has 1 N–H and O–H groups in total. The highest BCUT2D eigenvalue weighted by Crippen LogP contribution is 2.23. The highest BCUT2D eigenvalue weighted by molar-refractivity contribution is 5.78. The molecule has 5 heteroatoms. The Balaban J connectivity index is 1.40. The van der Waals surface area contributed by atoms with Gasteiger partial charge in [-0.3, -0.25) is 9.48 Å². The van der Waals surface area contributed by atoms with Crippen LogP contribution < -0.4 is 4.74 Å². The van der Waals surface area contributed by atoms with Crippen molar-refractivity contribution in [1.29, 1.82) is 0 Å². The van der Waals surface area contributed by atoms with Gasteiger partial charge in [-0.2, -0.15) is 5.10 Å². The number of nitrogens with zero attached hydrogens (tertiary/aromatic N) is 2. The zero-order chi connectivity index (χ0) is 20.9. The Hall–Kier alpha value is -3.60. The van der Waals surface area contributed by atoms with E-state index in [0.717, 1.165) is 34.3 Å². The standard InChI is InChI=1S/C25H24N2O3/c1-18(13-25(28)29)21-9-11-23(12-10-21)30-17-20-7-8-22-16-27(26-24(22)14-20)15-19-5-3-2-4-6-19/h2-12,14,16,18H,13,15,17H2,1H3,(H,28,29). The molecular weight excluding hydrogens is 376 g/mol. The van der Waals surface area contributed by atoms with Crippen LogP contribution in [0.25, 0.3) is 10.9 Å². The number of carbonyl (C=O) groups is 1. The summed E-state index contributed by atoms with van der Waals surface area (Å²) in [6.07, 6.45) is 2.18. The van der Waals surface area contributed by atoms with Crippen molar-refractivity contribution in [3.8, 4) is 5.75 Å². The molecule has 1 unspecified atom stereocenters. The Morgan fingerprint density at radius 1 is 1.03 bits per heavy atom. The van der Waals surface area contributed by atoms with Gasteiger partial charge in [-0.05, 0) is 40.8 Å². The third kappa shape index (κ3) is 4.87. The van der Waals surface area contributed by atoms with Crippen molar-refractivity contribution in [1.82, 2.24) is 9.78 Å². The number of aromatic nitrogens is 2. The van der Waals surface area contributed by atoms with E-state index in [9.17, 15) is 4.79 Å².